The Balaban J connectivity index is 1.48. The molecule has 128 valence electrons. The van der Waals surface area contributed by atoms with E-state index in [0.717, 1.165) is 22.1 Å². The minimum absolute atomic E-state index is 0.144. The first kappa shape index (κ1) is 18.3. The zero-order chi connectivity index (χ0) is 17.6. The molecule has 1 saturated heterocycles. The van der Waals surface area contributed by atoms with Crippen LogP contribution in [0.3, 0.4) is 0 Å². The van der Waals surface area contributed by atoms with Crippen molar-refractivity contribution in [1.29, 1.82) is 0 Å². The number of carbonyl (C=O) groups is 1. The summed E-state index contributed by atoms with van der Waals surface area (Å²) in [5.74, 6) is 1.51. The van der Waals surface area contributed by atoms with Crippen molar-refractivity contribution in [2.24, 2.45) is 0 Å². The van der Waals surface area contributed by atoms with Crippen LogP contribution in [0.15, 0.2) is 58.3 Å². The topological polar surface area (TPSA) is 38.3 Å². The second kappa shape index (κ2) is 8.76. The first-order valence-corrected chi connectivity index (χ1v) is 10.0. The summed E-state index contributed by atoms with van der Waals surface area (Å²) in [6, 6.07) is 15.4. The smallest absolute Gasteiger partial charge is 0.263 e. The maximum Gasteiger partial charge on any atom is 0.263 e. The molecule has 1 heterocycles. The Bertz CT molecular complexity index is 804. The average molecular weight is 408 g/mol. The van der Waals surface area contributed by atoms with Gasteiger partial charge in [0.1, 0.15) is 10.1 Å². The van der Waals surface area contributed by atoms with Gasteiger partial charge in [0.2, 0.25) is 0 Å². The van der Waals surface area contributed by atoms with Crippen LogP contribution in [-0.2, 0) is 4.79 Å². The van der Waals surface area contributed by atoms with Gasteiger partial charge in [0.05, 0.1) is 11.5 Å². The number of thiocarbonyl (C=S) groups is 1. The maximum absolute atomic E-state index is 11.6. The molecular weight excluding hydrogens is 394 g/mol. The van der Waals surface area contributed by atoms with E-state index in [1.807, 2.05) is 54.6 Å². The van der Waals surface area contributed by atoms with Gasteiger partial charge in [0.15, 0.2) is 0 Å². The number of rotatable bonds is 6. The van der Waals surface area contributed by atoms with Crippen molar-refractivity contribution in [1.82, 2.24) is 5.32 Å². The summed E-state index contributed by atoms with van der Waals surface area (Å²) in [6.45, 7) is 0.611. The summed E-state index contributed by atoms with van der Waals surface area (Å²) in [4.78, 5) is 13.4. The summed E-state index contributed by atoms with van der Waals surface area (Å²) in [7, 11) is 0. The number of hydrogen-bond donors (Lipinski definition) is 1. The van der Waals surface area contributed by atoms with Crippen LogP contribution in [0.2, 0.25) is 5.02 Å². The highest BCUT2D eigenvalue weighted by Gasteiger charge is 2.21. The van der Waals surface area contributed by atoms with Crippen LogP contribution >= 0.6 is 47.3 Å². The number of amides is 1. The van der Waals surface area contributed by atoms with Gasteiger partial charge in [-0.3, -0.25) is 4.79 Å². The maximum atomic E-state index is 11.6. The standard InChI is InChI=1S/C18H14ClNO2S3/c19-13-3-7-15(8-4-13)24-10-9-22-14-5-1-12(2-6-14)11-16-17(21)20-18(23)25-16/h1-8,11H,9-10H2,(H,20,21,23). The van der Waals surface area contributed by atoms with Gasteiger partial charge in [-0.25, -0.2) is 0 Å². The number of carbonyl (C=O) groups excluding carboxylic acids is 1. The molecule has 1 fully saturated rings. The Morgan fingerprint density at radius 1 is 1.16 bits per heavy atom. The fourth-order valence-corrected chi connectivity index (χ4v) is 3.98. The van der Waals surface area contributed by atoms with Gasteiger partial charge in [-0.15, -0.1) is 11.8 Å². The van der Waals surface area contributed by atoms with E-state index in [9.17, 15) is 4.79 Å². The van der Waals surface area contributed by atoms with Gasteiger partial charge >= 0.3 is 0 Å². The van der Waals surface area contributed by atoms with E-state index in [2.05, 4.69) is 5.32 Å². The Morgan fingerprint density at radius 2 is 1.88 bits per heavy atom. The molecule has 0 unspecified atom stereocenters. The van der Waals surface area contributed by atoms with Gasteiger partial charge in [-0.1, -0.05) is 47.7 Å². The van der Waals surface area contributed by atoms with Crippen LogP contribution in [0, 0.1) is 0 Å². The summed E-state index contributed by atoms with van der Waals surface area (Å²) >= 11 is 13.8. The van der Waals surface area contributed by atoms with Crippen molar-refractivity contribution in [3.8, 4) is 5.75 Å². The first-order valence-electron chi connectivity index (χ1n) is 7.46. The Kier molecular flexibility index (Phi) is 6.42. The van der Waals surface area contributed by atoms with Crippen LogP contribution in [0.5, 0.6) is 5.75 Å². The lowest BCUT2D eigenvalue weighted by Gasteiger charge is -2.06. The average Bonchev–Trinajstić information content (AvgIpc) is 2.92. The lowest BCUT2D eigenvalue weighted by Crippen LogP contribution is -2.17. The van der Waals surface area contributed by atoms with E-state index in [4.69, 9.17) is 28.6 Å². The summed E-state index contributed by atoms with van der Waals surface area (Å²) in [5.41, 5.74) is 0.935. The molecule has 1 aliphatic rings. The van der Waals surface area contributed by atoms with Crippen LogP contribution < -0.4 is 10.1 Å². The molecule has 25 heavy (non-hydrogen) atoms. The third-order valence-corrected chi connectivity index (χ3v) is 5.65. The highest BCUT2D eigenvalue weighted by molar-refractivity contribution is 8.26. The monoisotopic (exact) mass is 407 g/mol. The zero-order valence-corrected chi connectivity index (χ0v) is 16.2. The number of thioether (sulfide) groups is 2. The molecule has 2 aromatic rings. The first-order chi connectivity index (χ1) is 12.1. The molecule has 2 aromatic carbocycles. The lowest BCUT2D eigenvalue weighted by atomic mass is 10.2. The predicted octanol–water partition coefficient (Wildman–Crippen LogP) is 5.00. The molecule has 0 aromatic heterocycles. The van der Waals surface area contributed by atoms with Gasteiger partial charge < -0.3 is 10.1 Å². The lowest BCUT2D eigenvalue weighted by molar-refractivity contribution is -0.115. The molecule has 0 bridgehead atoms. The predicted molar refractivity (Wildman–Crippen MR) is 110 cm³/mol. The van der Waals surface area contributed by atoms with Gasteiger partial charge in [-0.2, -0.15) is 0 Å². The molecule has 0 radical (unpaired) electrons. The van der Waals surface area contributed by atoms with E-state index in [1.165, 1.54) is 16.7 Å². The molecule has 0 aliphatic carbocycles. The van der Waals surface area contributed by atoms with E-state index in [-0.39, 0.29) is 5.91 Å². The third-order valence-electron chi connectivity index (χ3n) is 3.25. The quantitative estimate of drug-likeness (QED) is 0.315. The van der Waals surface area contributed by atoms with Gasteiger partial charge in [0, 0.05) is 15.7 Å². The highest BCUT2D eigenvalue weighted by Crippen LogP contribution is 2.26. The molecule has 0 spiro atoms. The number of hydrogen-bond acceptors (Lipinski definition) is 5. The van der Waals surface area contributed by atoms with E-state index in [0.29, 0.717) is 15.8 Å². The van der Waals surface area contributed by atoms with Crippen molar-refractivity contribution >= 4 is 63.6 Å². The molecule has 1 amide bonds. The zero-order valence-electron chi connectivity index (χ0n) is 13.0. The highest BCUT2D eigenvalue weighted by atomic mass is 35.5. The summed E-state index contributed by atoms with van der Waals surface area (Å²) in [6.07, 6.45) is 1.82. The molecule has 3 rings (SSSR count). The SMILES string of the molecule is O=C1NC(=S)SC1=Cc1ccc(OCCSc2ccc(Cl)cc2)cc1. The van der Waals surface area contributed by atoms with Crippen molar-refractivity contribution in [3.63, 3.8) is 0 Å². The number of halogens is 1. The fraction of sp³-hybridized carbons (Fsp3) is 0.111. The number of nitrogens with one attached hydrogen (secondary N) is 1. The Labute approximate surface area is 165 Å². The molecule has 3 nitrogen and oxygen atoms in total. The van der Waals surface area contributed by atoms with Crippen molar-refractivity contribution in [2.45, 2.75) is 4.90 Å². The largest absolute Gasteiger partial charge is 0.493 e. The minimum Gasteiger partial charge on any atom is -0.493 e. The molecule has 0 saturated carbocycles. The molecule has 1 aliphatic heterocycles. The van der Waals surface area contributed by atoms with Crippen LogP contribution in [0.25, 0.3) is 6.08 Å². The van der Waals surface area contributed by atoms with E-state index < -0.39 is 0 Å². The number of benzene rings is 2. The van der Waals surface area contributed by atoms with Crippen molar-refractivity contribution in [2.75, 3.05) is 12.4 Å². The van der Waals surface area contributed by atoms with Gasteiger partial charge in [-0.05, 0) is 48.0 Å². The Morgan fingerprint density at radius 3 is 2.52 bits per heavy atom. The molecule has 7 heteroatoms. The molecular formula is C18H14ClNO2S3. The normalized spacial score (nSPS) is 15.5. The van der Waals surface area contributed by atoms with E-state index in [1.54, 1.807) is 11.8 Å². The van der Waals surface area contributed by atoms with Crippen molar-refractivity contribution < 1.29 is 9.53 Å². The van der Waals surface area contributed by atoms with Crippen LogP contribution in [-0.4, -0.2) is 22.6 Å². The Hall–Kier alpha value is -1.47. The van der Waals surface area contributed by atoms with E-state index >= 15 is 0 Å². The van der Waals surface area contributed by atoms with Gasteiger partial charge in [0.25, 0.3) is 5.91 Å². The summed E-state index contributed by atoms with van der Waals surface area (Å²) in [5, 5.41) is 3.34. The van der Waals surface area contributed by atoms with Crippen LogP contribution in [0.1, 0.15) is 5.56 Å². The minimum atomic E-state index is -0.144. The number of ether oxygens (including phenoxy) is 1. The second-order valence-electron chi connectivity index (χ2n) is 5.07. The third kappa shape index (κ3) is 5.51. The second-order valence-corrected chi connectivity index (χ2v) is 8.40. The molecule has 1 N–H and O–H groups in total. The molecule has 0 atom stereocenters. The van der Waals surface area contributed by atoms with Crippen LogP contribution in [0.4, 0.5) is 0 Å². The summed E-state index contributed by atoms with van der Waals surface area (Å²) < 4.78 is 6.24. The fourth-order valence-electron chi connectivity index (χ4n) is 2.08. The van der Waals surface area contributed by atoms with Crippen molar-refractivity contribution in [3.05, 3.63) is 64.0 Å².